The van der Waals surface area contributed by atoms with E-state index in [1.807, 2.05) is 42.1 Å². The number of aliphatic hydroxyl groups is 1. The summed E-state index contributed by atoms with van der Waals surface area (Å²) in [4.78, 5) is 4.57. The Bertz CT molecular complexity index is 883. The van der Waals surface area contributed by atoms with E-state index in [2.05, 4.69) is 4.98 Å². The normalized spacial score (nSPS) is 11.7. The van der Waals surface area contributed by atoms with Crippen LogP contribution in [0.15, 0.2) is 54.7 Å². The average molecular weight is 360 g/mol. The third-order valence-electron chi connectivity index (χ3n) is 4.28. The highest BCUT2D eigenvalue weighted by Crippen LogP contribution is 2.30. The van der Waals surface area contributed by atoms with Crippen LogP contribution in [0.2, 0.25) is 0 Å². The molecule has 0 aliphatic heterocycles. The lowest BCUT2D eigenvalue weighted by atomic mass is 9.97. The van der Waals surface area contributed by atoms with Gasteiger partial charge >= 0.3 is 6.18 Å². The van der Waals surface area contributed by atoms with Crippen LogP contribution in [0.4, 0.5) is 13.2 Å². The zero-order valence-electron chi connectivity index (χ0n) is 14.3. The van der Waals surface area contributed by atoms with Crippen LogP contribution in [-0.4, -0.2) is 21.3 Å². The lowest BCUT2D eigenvalue weighted by molar-refractivity contribution is -0.137. The van der Waals surface area contributed by atoms with E-state index in [1.165, 1.54) is 12.1 Å². The fraction of sp³-hybridized carbons (Fsp3) is 0.250. The van der Waals surface area contributed by atoms with Gasteiger partial charge in [0.25, 0.3) is 0 Å². The Labute approximate surface area is 149 Å². The third-order valence-corrected chi connectivity index (χ3v) is 4.28. The van der Waals surface area contributed by atoms with Crippen LogP contribution in [0.3, 0.4) is 0 Å². The SMILES string of the molecule is Cn1cc(-c2ccccc2Cc2ccc(C(F)(F)F)cc2)nc1CCO. The lowest BCUT2D eigenvalue weighted by Gasteiger charge is -2.10. The molecule has 2 aromatic carbocycles. The number of hydrogen-bond acceptors (Lipinski definition) is 2. The molecule has 3 nitrogen and oxygen atoms in total. The highest BCUT2D eigenvalue weighted by atomic mass is 19.4. The Morgan fingerprint density at radius 3 is 2.38 bits per heavy atom. The Morgan fingerprint density at radius 2 is 1.73 bits per heavy atom. The van der Waals surface area contributed by atoms with E-state index in [1.54, 1.807) is 0 Å². The van der Waals surface area contributed by atoms with Crippen molar-refractivity contribution in [2.24, 2.45) is 7.05 Å². The van der Waals surface area contributed by atoms with Crippen molar-refractivity contribution in [3.8, 4) is 11.3 Å². The molecule has 0 amide bonds. The first-order valence-electron chi connectivity index (χ1n) is 8.26. The second-order valence-corrected chi connectivity index (χ2v) is 6.16. The summed E-state index contributed by atoms with van der Waals surface area (Å²) in [6.07, 6.45) is -1.44. The zero-order valence-corrected chi connectivity index (χ0v) is 14.3. The van der Waals surface area contributed by atoms with Gasteiger partial charge in [-0.25, -0.2) is 4.98 Å². The molecule has 0 saturated carbocycles. The van der Waals surface area contributed by atoms with Crippen molar-refractivity contribution in [3.63, 3.8) is 0 Å². The Hall–Kier alpha value is -2.60. The van der Waals surface area contributed by atoms with Gasteiger partial charge in [0.15, 0.2) is 0 Å². The van der Waals surface area contributed by atoms with Crippen LogP contribution < -0.4 is 0 Å². The number of aliphatic hydroxyl groups excluding tert-OH is 1. The molecule has 1 aromatic heterocycles. The van der Waals surface area contributed by atoms with E-state index in [9.17, 15) is 13.2 Å². The van der Waals surface area contributed by atoms with Crippen molar-refractivity contribution < 1.29 is 18.3 Å². The van der Waals surface area contributed by atoms with Gasteiger partial charge in [0.1, 0.15) is 5.82 Å². The standard InChI is InChI=1S/C20H19F3N2O/c1-25-13-18(24-19(25)10-11-26)17-5-3-2-4-15(17)12-14-6-8-16(9-7-14)20(21,22)23/h2-9,13,26H,10-12H2,1H3. The van der Waals surface area contributed by atoms with Crippen molar-refractivity contribution in [1.82, 2.24) is 9.55 Å². The molecule has 1 heterocycles. The zero-order chi connectivity index (χ0) is 18.7. The number of hydrogen-bond donors (Lipinski definition) is 1. The van der Waals surface area contributed by atoms with Crippen molar-refractivity contribution in [2.75, 3.05) is 6.61 Å². The highest BCUT2D eigenvalue weighted by Gasteiger charge is 2.29. The van der Waals surface area contributed by atoms with Gasteiger partial charge in [-0.1, -0.05) is 36.4 Å². The van der Waals surface area contributed by atoms with Gasteiger partial charge in [-0.15, -0.1) is 0 Å². The van der Waals surface area contributed by atoms with Gasteiger partial charge in [0.2, 0.25) is 0 Å². The van der Waals surface area contributed by atoms with Crippen LogP contribution in [0.25, 0.3) is 11.3 Å². The minimum atomic E-state index is -4.33. The van der Waals surface area contributed by atoms with Crippen LogP contribution in [0.5, 0.6) is 0 Å². The average Bonchev–Trinajstić information content (AvgIpc) is 2.96. The summed E-state index contributed by atoms with van der Waals surface area (Å²) >= 11 is 0. The van der Waals surface area contributed by atoms with E-state index in [-0.39, 0.29) is 6.61 Å². The van der Waals surface area contributed by atoms with Crippen molar-refractivity contribution in [1.29, 1.82) is 0 Å². The molecular formula is C20H19F3N2O. The minimum absolute atomic E-state index is 0.0253. The molecule has 3 aromatic rings. The molecule has 0 atom stereocenters. The second-order valence-electron chi connectivity index (χ2n) is 6.16. The number of aryl methyl sites for hydroxylation is 1. The van der Waals surface area contributed by atoms with E-state index < -0.39 is 11.7 Å². The summed E-state index contributed by atoms with van der Waals surface area (Å²) in [5, 5.41) is 9.12. The molecule has 3 rings (SSSR count). The summed E-state index contributed by atoms with van der Waals surface area (Å²) in [7, 11) is 1.87. The number of halogens is 3. The lowest BCUT2D eigenvalue weighted by Crippen LogP contribution is -2.04. The molecule has 136 valence electrons. The Morgan fingerprint density at radius 1 is 1.04 bits per heavy atom. The maximum absolute atomic E-state index is 12.7. The maximum Gasteiger partial charge on any atom is 0.416 e. The van der Waals surface area contributed by atoms with Crippen LogP contribution in [0.1, 0.15) is 22.5 Å². The van der Waals surface area contributed by atoms with Crippen molar-refractivity contribution >= 4 is 0 Å². The first kappa shape index (κ1) is 18.2. The summed E-state index contributed by atoms with van der Waals surface area (Å²) in [5.74, 6) is 0.784. The summed E-state index contributed by atoms with van der Waals surface area (Å²) in [6, 6.07) is 12.9. The molecule has 1 N–H and O–H groups in total. The largest absolute Gasteiger partial charge is 0.416 e. The molecule has 0 aliphatic carbocycles. The maximum atomic E-state index is 12.7. The molecule has 0 bridgehead atoms. The predicted octanol–water partition coefficient (Wildman–Crippen LogP) is 4.23. The first-order chi connectivity index (χ1) is 12.4. The summed E-state index contributed by atoms with van der Waals surface area (Å²) in [6.45, 7) is 0.0253. The van der Waals surface area contributed by atoms with Gasteiger partial charge in [0.05, 0.1) is 17.9 Å². The number of aromatic nitrogens is 2. The van der Waals surface area contributed by atoms with E-state index in [0.717, 1.165) is 40.3 Å². The summed E-state index contributed by atoms with van der Waals surface area (Å²) < 4.78 is 40.0. The number of nitrogens with zero attached hydrogens (tertiary/aromatic N) is 2. The highest BCUT2D eigenvalue weighted by molar-refractivity contribution is 5.64. The van der Waals surface area contributed by atoms with Gasteiger partial charge in [0, 0.05) is 25.2 Å². The van der Waals surface area contributed by atoms with E-state index in [4.69, 9.17) is 5.11 Å². The van der Waals surface area contributed by atoms with Crippen molar-refractivity contribution in [2.45, 2.75) is 19.0 Å². The van der Waals surface area contributed by atoms with Crippen LogP contribution >= 0.6 is 0 Å². The molecule has 0 saturated heterocycles. The minimum Gasteiger partial charge on any atom is -0.396 e. The molecule has 6 heteroatoms. The van der Waals surface area contributed by atoms with E-state index in [0.29, 0.717) is 12.8 Å². The molecular weight excluding hydrogens is 341 g/mol. The Kier molecular flexibility index (Phi) is 5.13. The summed E-state index contributed by atoms with van der Waals surface area (Å²) in [5.41, 5.74) is 2.87. The molecule has 0 fully saturated rings. The third kappa shape index (κ3) is 3.96. The van der Waals surface area contributed by atoms with E-state index >= 15 is 0 Å². The predicted molar refractivity (Wildman–Crippen MR) is 93.7 cm³/mol. The van der Waals surface area contributed by atoms with Gasteiger partial charge in [-0.2, -0.15) is 13.2 Å². The van der Waals surface area contributed by atoms with Gasteiger partial charge < -0.3 is 9.67 Å². The molecule has 0 aliphatic rings. The second kappa shape index (κ2) is 7.33. The number of imidazole rings is 1. The Balaban J connectivity index is 1.89. The molecule has 26 heavy (non-hydrogen) atoms. The number of benzene rings is 2. The van der Waals surface area contributed by atoms with Crippen LogP contribution in [0, 0.1) is 0 Å². The quantitative estimate of drug-likeness (QED) is 0.739. The number of rotatable bonds is 5. The smallest absolute Gasteiger partial charge is 0.396 e. The first-order valence-corrected chi connectivity index (χ1v) is 8.26. The fourth-order valence-electron chi connectivity index (χ4n) is 2.92. The van der Waals surface area contributed by atoms with Gasteiger partial charge in [-0.05, 0) is 29.7 Å². The molecule has 0 unspecified atom stereocenters. The van der Waals surface area contributed by atoms with Gasteiger partial charge in [-0.3, -0.25) is 0 Å². The molecule has 0 spiro atoms. The monoisotopic (exact) mass is 360 g/mol. The molecule has 0 radical (unpaired) electrons. The fourth-order valence-corrected chi connectivity index (χ4v) is 2.92. The van der Waals surface area contributed by atoms with Crippen LogP contribution in [-0.2, 0) is 26.1 Å². The van der Waals surface area contributed by atoms with Crippen molar-refractivity contribution in [3.05, 3.63) is 77.2 Å². The topological polar surface area (TPSA) is 38.0 Å². The number of alkyl halides is 3.